The molecule has 8 heavy (non-hydrogen) atoms. The van der Waals surface area contributed by atoms with Crippen LogP contribution >= 0.6 is 0 Å². The van der Waals surface area contributed by atoms with Gasteiger partial charge in [0.05, 0.1) is 12.7 Å². The van der Waals surface area contributed by atoms with Gasteiger partial charge in [-0.15, -0.1) is 0 Å². The summed E-state index contributed by atoms with van der Waals surface area (Å²) in [6.45, 7) is 2.78. The van der Waals surface area contributed by atoms with Crippen molar-refractivity contribution in [1.82, 2.24) is 6.15 Å². The topological polar surface area (TPSA) is 53.5 Å². The second-order valence-corrected chi connectivity index (χ2v) is 1.87. The molecular weight excluding hydrogens is 106 g/mol. The van der Waals surface area contributed by atoms with E-state index >= 15 is 0 Å². The van der Waals surface area contributed by atoms with Gasteiger partial charge in [0.25, 0.3) is 0 Å². The highest BCUT2D eigenvalue weighted by molar-refractivity contribution is 4.49. The van der Waals surface area contributed by atoms with Gasteiger partial charge in [-0.3, -0.25) is 0 Å². The van der Waals surface area contributed by atoms with Crippen LogP contribution in [0.1, 0.15) is 19.8 Å². The average molecular weight is 119 g/mol. The largest absolute Gasteiger partial charge is 0.344 e. The van der Waals surface area contributed by atoms with Crippen LogP contribution in [0.4, 0.5) is 0 Å². The second kappa shape index (κ2) is 3.83. The van der Waals surface area contributed by atoms with Crippen LogP contribution < -0.4 is 6.15 Å². The van der Waals surface area contributed by atoms with Crippen LogP contribution in [0.5, 0.6) is 0 Å². The first-order chi connectivity index (χ1) is 3.39. The summed E-state index contributed by atoms with van der Waals surface area (Å²) in [6, 6.07) is 0. The number of hydrogen-bond acceptors (Lipinski definition) is 3. The predicted octanol–water partition coefficient (Wildman–Crippen LogP) is 1.28. The van der Waals surface area contributed by atoms with Crippen LogP contribution in [0.2, 0.25) is 0 Å². The highest BCUT2D eigenvalue weighted by Gasteiger charge is 2.07. The molecule has 3 N–H and O–H groups in total. The fraction of sp³-hybridized carbons (Fsp3) is 1.00. The van der Waals surface area contributed by atoms with Crippen LogP contribution in [-0.4, -0.2) is 12.7 Å². The smallest absolute Gasteiger partial charge is 0.0902 e. The number of hydrogen-bond donors (Lipinski definition) is 1. The molecule has 0 bridgehead atoms. The van der Waals surface area contributed by atoms with E-state index in [0.29, 0.717) is 6.10 Å². The molecule has 1 saturated heterocycles. The summed E-state index contributed by atoms with van der Waals surface area (Å²) < 4.78 is 0. The van der Waals surface area contributed by atoms with Crippen molar-refractivity contribution >= 4 is 0 Å². The maximum Gasteiger partial charge on any atom is 0.0902 e. The van der Waals surface area contributed by atoms with Gasteiger partial charge in [-0.05, 0) is 19.8 Å². The Bertz CT molecular complexity index is 52.4. The van der Waals surface area contributed by atoms with Gasteiger partial charge in [0.2, 0.25) is 0 Å². The highest BCUT2D eigenvalue weighted by Crippen LogP contribution is 2.07. The van der Waals surface area contributed by atoms with E-state index in [1.807, 2.05) is 6.92 Å². The van der Waals surface area contributed by atoms with E-state index in [2.05, 4.69) is 4.89 Å². The molecule has 1 rings (SSSR count). The maximum atomic E-state index is 4.78. The lowest BCUT2D eigenvalue weighted by Crippen LogP contribution is -2.15. The zero-order valence-electron chi connectivity index (χ0n) is 5.22. The first kappa shape index (κ1) is 7.88. The Morgan fingerprint density at radius 2 is 2.25 bits per heavy atom. The Hall–Kier alpha value is -0.120. The average Bonchev–Trinajstić information content (AvgIpc) is 1.69. The van der Waals surface area contributed by atoms with E-state index in [-0.39, 0.29) is 6.15 Å². The summed E-state index contributed by atoms with van der Waals surface area (Å²) >= 11 is 0. The predicted molar refractivity (Wildman–Crippen MR) is 30.8 cm³/mol. The molecule has 1 aliphatic heterocycles. The van der Waals surface area contributed by atoms with Crippen molar-refractivity contribution in [2.45, 2.75) is 25.9 Å². The first-order valence-electron chi connectivity index (χ1n) is 2.68. The molecule has 1 unspecified atom stereocenters. The monoisotopic (exact) mass is 119 g/mol. The normalized spacial score (nSPS) is 28.9. The van der Waals surface area contributed by atoms with Gasteiger partial charge in [-0.2, -0.15) is 0 Å². The highest BCUT2D eigenvalue weighted by atomic mass is 17.2. The fourth-order valence-corrected chi connectivity index (χ4v) is 0.642. The molecule has 0 aromatic carbocycles. The van der Waals surface area contributed by atoms with Gasteiger partial charge in [0.15, 0.2) is 0 Å². The van der Waals surface area contributed by atoms with Crippen LogP contribution in [0, 0.1) is 0 Å². The van der Waals surface area contributed by atoms with E-state index in [4.69, 9.17) is 4.89 Å². The lowest BCUT2D eigenvalue weighted by atomic mass is 10.2. The Labute approximate surface area is 49.5 Å². The lowest BCUT2D eigenvalue weighted by Gasteiger charge is -2.16. The molecule has 0 aromatic heterocycles. The Morgan fingerprint density at radius 1 is 1.50 bits per heavy atom. The molecule has 1 aliphatic rings. The van der Waals surface area contributed by atoms with Crippen molar-refractivity contribution in [3.05, 3.63) is 0 Å². The molecular formula is C5H13NO2. The molecule has 1 atom stereocenters. The summed E-state index contributed by atoms with van der Waals surface area (Å²) in [6.07, 6.45) is 2.59. The summed E-state index contributed by atoms with van der Waals surface area (Å²) in [7, 11) is 0. The lowest BCUT2D eigenvalue weighted by molar-refractivity contribution is -0.340. The Morgan fingerprint density at radius 3 is 2.50 bits per heavy atom. The van der Waals surface area contributed by atoms with Crippen LogP contribution in [0.25, 0.3) is 0 Å². The minimum absolute atomic E-state index is 0. The van der Waals surface area contributed by atoms with Crippen molar-refractivity contribution < 1.29 is 9.78 Å². The summed E-state index contributed by atoms with van der Waals surface area (Å²) in [5, 5.41) is 0. The summed E-state index contributed by atoms with van der Waals surface area (Å²) in [5.41, 5.74) is 0. The molecule has 3 heteroatoms. The van der Waals surface area contributed by atoms with E-state index in [1.54, 1.807) is 0 Å². The molecule has 0 amide bonds. The zero-order chi connectivity index (χ0) is 5.11. The molecule has 0 aliphatic carbocycles. The van der Waals surface area contributed by atoms with Crippen molar-refractivity contribution in [2.75, 3.05) is 6.61 Å². The van der Waals surface area contributed by atoms with Crippen LogP contribution in [-0.2, 0) is 9.78 Å². The third kappa shape index (κ3) is 2.26. The van der Waals surface area contributed by atoms with E-state index < -0.39 is 0 Å². The van der Waals surface area contributed by atoms with Gasteiger partial charge in [0, 0.05) is 0 Å². The SMILES string of the molecule is CC1CCCOO1.N. The van der Waals surface area contributed by atoms with Gasteiger partial charge >= 0.3 is 0 Å². The molecule has 0 saturated carbocycles. The molecule has 50 valence electrons. The standard InChI is InChI=1S/C5H10O2.H3N/c1-5-3-2-4-6-7-5;/h5H,2-4H2,1H3;1H3. The van der Waals surface area contributed by atoms with E-state index in [1.165, 1.54) is 0 Å². The molecule has 0 spiro atoms. The fourth-order valence-electron chi connectivity index (χ4n) is 0.642. The maximum absolute atomic E-state index is 4.78. The molecule has 0 radical (unpaired) electrons. The third-order valence-corrected chi connectivity index (χ3v) is 1.07. The first-order valence-corrected chi connectivity index (χ1v) is 2.68. The van der Waals surface area contributed by atoms with Crippen molar-refractivity contribution in [2.24, 2.45) is 0 Å². The van der Waals surface area contributed by atoms with Crippen molar-refractivity contribution in [3.63, 3.8) is 0 Å². The van der Waals surface area contributed by atoms with Gasteiger partial charge in [-0.25, -0.2) is 9.78 Å². The summed E-state index contributed by atoms with van der Waals surface area (Å²) in [5.74, 6) is 0. The minimum Gasteiger partial charge on any atom is -0.344 e. The molecule has 1 heterocycles. The third-order valence-electron chi connectivity index (χ3n) is 1.07. The Kier molecular flexibility index (Phi) is 3.77. The Balaban J connectivity index is 0.000000490. The minimum atomic E-state index is 0. The van der Waals surface area contributed by atoms with Gasteiger partial charge < -0.3 is 6.15 Å². The van der Waals surface area contributed by atoms with E-state index in [0.717, 1.165) is 19.4 Å². The molecule has 3 nitrogen and oxygen atoms in total. The summed E-state index contributed by atoms with van der Waals surface area (Å²) in [4.78, 5) is 9.46. The van der Waals surface area contributed by atoms with Crippen molar-refractivity contribution in [1.29, 1.82) is 0 Å². The van der Waals surface area contributed by atoms with Gasteiger partial charge in [0.1, 0.15) is 0 Å². The second-order valence-electron chi connectivity index (χ2n) is 1.87. The van der Waals surface area contributed by atoms with E-state index in [9.17, 15) is 0 Å². The molecule has 1 fully saturated rings. The van der Waals surface area contributed by atoms with Crippen molar-refractivity contribution in [3.8, 4) is 0 Å². The number of rotatable bonds is 0. The van der Waals surface area contributed by atoms with Crippen LogP contribution in [0.3, 0.4) is 0 Å². The molecule has 0 aromatic rings. The van der Waals surface area contributed by atoms with Gasteiger partial charge in [-0.1, -0.05) is 0 Å². The quantitative estimate of drug-likeness (QED) is 0.489. The zero-order valence-corrected chi connectivity index (χ0v) is 5.22. The van der Waals surface area contributed by atoms with Crippen LogP contribution in [0.15, 0.2) is 0 Å².